The van der Waals surface area contributed by atoms with Crippen LogP contribution in [0.15, 0.2) is 41.8 Å². The van der Waals surface area contributed by atoms with Gasteiger partial charge in [0.1, 0.15) is 0 Å². The first-order valence-corrected chi connectivity index (χ1v) is 9.67. The highest BCUT2D eigenvalue weighted by atomic mass is 32.1. The predicted octanol–water partition coefficient (Wildman–Crippen LogP) is 3.16. The summed E-state index contributed by atoms with van der Waals surface area (Å²) in [5, 5.41) is 4.89. The molecule has 0 aliphatic rings. The third-order valence-electron chi connectivity index (χ3n) is 3.47. The minimum atomic E-state index is -0.638. The fraction of sp³-hybridized carbons (Fsp3) is 0.300. The van der Waals surface area contributed by atoms with Gasteiger partial charge in [-0.1, -0.05) is 32.0 Å². The number of carbonyl (C=O) groups is 3. The summed E-state index contributed by atoms with van der Waals surface area (Å²) in [5.41, 5.74) is 1.23. The third-order valence-corrected chi connectivity index (χ3v) is 4.32. The van der Waals surface area contributed by atoms with Crippen LogP contribution in [0.4, 0.5) is 10.8 Å². The fourth-order valence-electron chi connectivity index (χ4n) is 2.17. The van der Waals surface area contributed by atoms with Gasteiger partial charge >= 0.3 is 5.97 Å². The number of hydrogen-bond acceptors (Lipinski definition) is 6. The molecule has 0 fully saturated rings. The van der Waals surface area contributed by atoms with Gasteiger partial charge in [-0.2, -0.15) is 0 Å². The van der Waals surface area contributed by atoms with Crippen LogP contribution >= 0.6 is 11.3 Å². The highest BCUT2D eigenvalue weighted by Gasteiger charge is 2.17. The van der Waals surface area contributed by atoms with Gasteiger partial charge in [-0.25, -0.2) is 9.78 Å². The Balaban J connectivity index is 1.95. The number of ether oxygens (including phenoxy) is 1. The lowest BCUT2D eigenvalue weighted by molar-refractivity contribution is -0.143. The topological polar surface area (TPSA) is 88.6 Å². The summed E-state index contributed by atoms with van der Waals surface area (Å²) in [4.78, 5) is 41.2. The molecular weight excluding hydrogens is 378 g/mol. The zero-order valence-corrected chi connectivity index (χ0v) is 16.9. The Bertz CT molecular complexity index is 846. The minimum Gasteiger partial charge on any atom is -0.452 e. The monoisotopic (exact) mass is 401 g/mol. The number of nitrogens with zero attached hydrogens (tertiary/aromatic N) is 2. The lowest BCUT2D eigenvalue weighted by atomic mass is 10.2. The van der Waals surface area contributed by atoms with E-state index in [9.17, 15) is 14.4 Å². The summed E-state index contributed by atoms with van der Waals surface area (Å²) >= 11 is 1.29. The second-order valence-corrected chi connectivity index (χ2v) is 7.22. The molecule has 1 aromatic heterocycles. The number of rotatable bonds is 8. The van der Waals surface area contributed by atoms with E-state index in [0.29, 0.717) is 29.0 Å². The molecule has 1 heterocycles. The van der Waals surface area contributed by atoms with Crippen molar-refractivity contribution in [1.82, 2.24) is 10.3 Å². The summed E-state index contributed by atoms with van der Waals surface area (Å²) in [7, 11) is 0. The van der Waals surface area contributed by atoms with Gasteiger partial charge in [0.05, 0.1) is 11.4 Å². The van der Waals surface area contributed by atoms with Crippen LogP contribution in [0.1, 0.15) is 26.5 Å². The number of nitrogens with one attached hydrogen (secondary N) is 1. The van der Waals surface area contributed by atoms with E-state index >= 15 is 0 Å². The molecule has 7 nitrogen and oxygen atoms in total. The highest BCUT2D eigenvalue weighted by molar-refractivity contribution is 7.14. The van der Waals surface area contributed by atoms with Crippen LogP contribution in [0.3, 0.4) is 0 Å². The molecule has 148 valence electrons. The lowest BCUT2D eigenvalue weighted by Crippen LogP contribution is -2.31. The number of para-hydroxylation sites is 1. The molecule has 0 saturated carbocycles. The fourth-order valence-corrected chi connectivity index (χ4v) is 3.02. The molecule has 0 saturated heterocycles. The molecular formula is C20H23N3O4S. The van der Waals surface area contributed by atoms with Crippen LogP contribution < -0.4 is 10.2 Å². The number of hydrogen-bond donors (Lipinski definition) is 1. The van der Waals surface area contributed by atoms with Crippen LogP contribution in [0.25, 0.3) is 6.08 Å². The van der Waals surface area contributed by atoms with Gasteiger partial charge < -0.3 is 10.1 Å². The van der Waals surface area contributed by atoms with E-state index < -0.39 is 5.97 Å². The van der Waals surface area contributed by atoms with E-state index in [1.807, 2.05) is 44.2 Å². The second-order valence-electron chi connectivity index (χ2n) is 6.38. The average molecular weight is 401 g/mol. The molecule has 1 N–H and O–H groups in total. The van der Waals surface area contributed by atoms with E-state index in [1.54, 1.807) is 5.38 Å². The normalized spacial score (nSPS) is 10.9. The molecule has 8 heteroatoms. The zero-order chi connectivity index (χ0) is 20.5. The average Bonchev–Trinajstić information content (AvgIpc) is 3.12. The Labute approximate surface area is 168 Å². The summed E-state index contributed by atoms with van der Waals surface area (Å²) < 4.78 is 4.89. The molecule has 0 aliphatic heterocycles. The zero-order valence-electron chi connectivity index (χ0n) is 16.0. The molecule has 2 rings (SSSR count). The van der Waals surface area contributed by atoms with E-state index in [-0.39, 0.29) is 18.4 Å². The van der Waals surface area contributed by atoms with E-state index in [2.05, 4.69) is 10.3 Å². The van der Waals surface area contributed by atoms with Gasteiger partial charge in [0.25, 0.3) is 5.91 Å². The lowest BCUT2D eigenvalue weighted by Gasteiger charge is -2.17. The summed E-state index contributed by atoms with van der Waals surface area (Å²) in [6.07, 6.45) is 2.69. The first-order chi connectivity index (χ1) is 13.4. The Kier molecular flexibility index (Phi) is 7.88. The Hall–Kier alpha value is -3.00. The Morgan fingerprint density at radius 1 is 1.25 bits per heavy atom. The molecule has 2 aromatic rings. The van der Waals surface area contributed by atoms with Crippen LogP contribution in [0.2, 0.25) is 0 Å². The molecule has 0 spiro atoms. The molecule has 28 heavy (non-hydrogen) atoms. The van der Waals surface area contributed by atoms with Gasteiger partial charge in [0.2, 0.25) is 5.91 Å². The summed E-state index contributed by atoms with van der Waals surface area (Å²) in [5.74, 6) is -0.821. The predicted molar refractivity (Wildman–Crippen MR) is 109 cm³/mol. The molecule has 0 atom stereocenters. The first-order valence-electron chi connectivity index (χ1n) is 8.79. The van der Waals surface area contributed by atoms with Gasteiger partial charge in [-0.3, -0.25) is 14.5 Å². The van der Waals surface area contributed by atoms with Gasteiger partial charge in [0, 0.05) is 24.9 Å². The van der Waals surface area contributed by atoms with Crippen LogP contribution in [-0.4, -0.2) is 35.9 Å². The van der Waals surface area contributed by atoms with Crippen molar-refractivity contribution in [3.63, 3.8) is 0 Å². The molecule has 0 radical (unpaired) electrons. The maximum atomic E-state index is 12.0. The molecule has 0 unspecified atom stereocenters. The summed E-state index contributed by atoms with van der Waals surface area (Å²) in [6.45, 7) is 5.61. The van der Waals surface area contributed by atoms with Crippen molar-refractivity contribution in [1.29, 1.82) is 0 Å². The highest BCUT2D eigenvalue weighted by Crippen LogP contribution is 2.28. The van der Waals surface area contributed by atoms with E-state index in [4.69, 9.17) is 4.74 Å². The maximum absolute atomic E-state index is 12.0. The third kappa shape index (κ3) is 6.62. The van der Waals surface area contributed by atoms with Gasteiger partial charge in [0.15, 0.2) is 11.7 Å². The first kappa shape index (κ1) is 21.3. The Morgan fingerprint density at radius 3 is 2.61 bits per heavy atom. The number of benzene rings is 1. The summed E-state index contributed by atoms with van der Waals surface area (Å²) in [6, 6.07) is 9.19. The van der Waals surface area contributed by atoms with Crippen LogP contribution in [0, 0.1) is 5.92 Å². The SMILES string of the molecule is CC(=O)N(c1ccccc1)c1nc(/C=C/C(=O)OCC(=O)NCC(C)C)cs1. The van der Waals surface area contributed by atoms with E-state index in [0.717, 1.165) is 0 Å². The van der Waals surface area contributed by atoms with Crippen molar-refractivity contribution in [3.05, 3.63) is 47.5 Å². The molecule has 0 bridgehead atoms. The van der Waals surface area contributed by atoms with Crippen molar-refractivity contribution >= 4 is 46.0 Å². The number of thiazole rings is 1. The van der Waals surface area contributed by atoms with Gasteiger partial charge in [-0.05, 0) is 24.1 Å². The van der Waals surface area contributed by atoms with Crippen LogP contribution in [0.5, 0.6) is 0 Å². The number of anilines is 2. The number of aromatic nitrogens is 1. The van der Waals surface area contributed by atoms with Gasteiger partial charge in [-0.15, -0.1) is 11.3 Å². The number of carbonyl (C=O) groups excluding carboxylic acids is 3. The molecule has 1 aromatic carbocycles. The Morgan fingerprint density at radius 2 is 1.96 bits per heavy atom. The van der Waals surface area contributed by atoms with Crippen molar-refractivity contribution in [2.24, 2.45) is 5.92 Å². The number of amides is 2. The number of esters is 1. The van der Waals surface area contributed by atoms with Crippen molar-refractivity contribution in [2.45, 2.75) is 20.8 Å². The van der Waals surface area contributed by atoms with E-state index in [1.165, 1.54) is 35.3 Å². The second kappa shape index (κ2) is 10.4. The largest absolute Gasteiger partial charge is 0.452 e. The maximum Gasteiger partial charge on any atom is 0.331 e. The van der Waals surface area contributed by atoms with Crippen molar-refractivity contribution in [3.8, 4) is 0 Å². The van der Waals surface area contributed by atoms with Crippen molar-refractivity contribution in [2.75, 3.05) is 18.1 Å². The smallest absolute Gasteiger partial charge is 0.331 e. The van der Waals surface area contributed by atoms with Crippen LogP contribution in [-0.2, 0) is 19.1 Å². The minimum absolute atomic E-state index is 0.164. The quantitative estimate of drug-likeness (QED) is 0.542. The molecule has 0 aliphatic carbocycles. The standard InChI is InChI=1S/C20H23N3O4S/c1-14(2)11-21-18(25)12-27-19(26)10-9-16-13-28-20(22-16)23(15(3)24)17-7-5-4-6-8-17/h4-10,13-14H,11-12H2,1-3H3,(H,21,25)/b10-9+. The van der Waals surface area contributed by atoms with Crippen molar-refractivity contribution < 1.29 is 19.1 Å². The molecule has 2 amide bonds.